The Balaban J connectivity index is 1.56. The maximum atomic E-state index is 13.6. The number of hydrogen-bond donors (Lipinski definition) is 0. The van der Waals surface area contributed by atoms with Gasteiger partial charge in [-0.3, -0.25) is 0 Å². The van der Waals surface area contributed by atoms with Gasteiger partial charge in [0.25, 0.3) is 0 Å². The van der Waals surface area contributed by atoms with Crippen molar-refractivity contribution in [1.82, 2.24) is 0 Å². The van der Waals surface area contributed by atoms with Gasteiger partial charge in [-0.15, -0.1) is 0 Å². The van der Waals surface area contributed by atoms with Crippen LogP contribution in [-0.2, 0) is 18.3 Å². The molecular weight excluding hydrogens is 843 g/mol. The molecule has 0 atom stereocenters. The topological polar surface area (TPSA) is 27.7 Å². The zero-order valence-electron chi connectivity index (χ0n) is 19.6. The maximum absolute atomic E-state index is 13.6. The van der Waals surface area contributed by atoms with Crippen LogP contribution >= 0.6 is 85.8 Å². The molecule has 0 saturated carbocycles. The van der Waals surface area contributed by atoms with Gasteiger partial charge in [-0.05, 0) is 0 Å². The van der Waals surface area contributed by atoms with E-state index >= 15 is 0 Å². The van der Waals surface area contributed by atoms with Crippen LogP contribution in [0.4, 0.5) is 26.3 Å². The molecule has 1 aromatic carbocycles. The third-order valence-electron chi connectivity index (χ3n) is 4.74. The molecule has 0 aliphatic rings. The predicted octanol–water partition coefficient (Wildman–Crippen LogP) is 10.7. The molecule has 4 aromatic heterocycles. The standard InChI is InChI=1S/C24H15BF6I2O3S4/c26-23(27,28)16-13-17(24(29,30)31)15-18(14-16)34-25(35-32(19-5-1-9-37-19)20-6-2-10-38-20)36-33(21-7-3-11-39-21)22-8-4-12-40-22/h1-15H. The fourth-order valence-electron chi connectivity index (χ4n) is 3.09. The van der Waals surface area contributed by atoms with Crippen molar-refractivity contribution in [1.29, 1.82) is 0 Å². The number of benzene rings is 1. The Morgan fingerprint density at radius 2 is 0.900 bits per heavy atom. The molecule has 212 valence electrons. The average molecular weight is 858 g/mol. The zero-order chi connectivity index (χ0) is 28.3. The first kappa shape index (κ1) is 30.3. The first-order valence-corrected chi connectivity index (χ1v) is 20.5. The normalized spacial score (nSPS) is 12.8. The Morgan fingerprint density at radius 1 is 0.550 bits per heavy atom. The minimum atomic E-state index is -5.02. The van der Waals surface area contributed by atoms with Crippen LogP contribution in [0.15, 0.2) is 88.3 Å². The molecule has 16 heteroatoms. The molecule has 0 saturated heterocycles. The summed E-state index contributed by atoms with van der Waals surface area (Å²) in [5, 5.41) is 7.52. The van der Waals surface area contributed by atoms with Gasteiger partial charge in [-0.1, -0.05) is 0 Å². The van der Waals surface area contributed by atoms with Gasteiger partial charge in [0.2, 0.25) is 0 Å². The van der Waals surface area contributed by atoms with Crippen molar-refractivity contribution >= 4 is 93.1 Å². The summed E-state index contributed by atoms with van der Waals surface area (Å²) in [4.78, 5) is 0. The Labute approximate surface area is 256 Å². The molecule has 40 heavy (non-hydrogen) atoms. The third kappa shape index (κ3) is 7.62. The van der Waals surface area contributed by atoms with E-state index in [4.69, 9.17) is 10.6 Å². The predicted molar refractivity (Wildman–Crippen MR) is 165 cm³/mol. The van der Waals surface area contributed by atoms with Crippen LogP contribution in [0, 0.1) is 11.5 Å². The Bertz CT molecular complexity index is 1300. The molecule has 4 heterocycles. The van der Waals surface area contributed by atoms with E-state index in [-0.39, 0.29) is 6.07 Å². The molecular formula is C24H15BF6I2O3S4. The minimum absolute atomic E-state index is 0.0650. The molecule has 5 rings (SSSR count). The fraction of sp³-hybridized carbons (Fsp3) is 0.0833. The van der Waals surface area contributed by atoms with Gasteiger partial charge in [-0.25, -0.2) is 0 Å². The number of hydrogen-bond acceptors (Lipinski definition) is 7. The summed E-state index contributed by atoms with van der Waals surface area (Å²) in [6.07, 6.45) is -10.0. The van der Waals surface area contributed by atoms with Crippen LogP contribution in [0.5, 0.6) is 5.75 Å². The monoisotopic (exact) mass is 858 g/mol. The van der Waals surface area contributed by atoms with E-state index in [0.29, 0.717) is 12.1 Å². The Kier molecular flexibility index (Phi) is 9.86. The summed E-state index contributed by atoms with van der Waals surface area (Å²) in [5.41, 5.74) is -2.95. The van der Waals surface area contributed by atoms with Crippen molar-refractivity contribution < 1.29 is 37.0 Å². The van der Waals surface area contributed by atoms with E-state index in [1.165, 1.54) is 45.3 Å². The quantitative estimate of drug-likeness (QED) is 0.0796. The van der Waals surface area contributed by atoms with Crippen LogP contribution in [0.3, 0.4) is 0 Å². The molecule has 0 bridgehead atoms. The first-order chi connectivity index (χ1) is 19.1. The Hall–Kier alpha value is -1.16. The van der Waals surface area contributed by atoms with Gasteiger partial charge in [0.1, 0.15) is 0 Å². The summed E-state index contributed by atoms with van der Waals surface area (Å²) in [7, 11) is -1.55. The zero-order valence-corrected chi connectivity index (χ0v) is 27.2. The van der Waals surface area contributed by atoms with E-state index in [1.54, 1.807) is 0 Å². The summed E-state index contributed by atoms with van der Waals surface area (Å²) in [6.45, 7) is 0. The van der Waals surface area contributed by atoms with Gasteiger partial charge >= 0.3 is 259 Å². The van der Waals surface area contributed by atoms with Crippen molar-refractivity contribution in [3.8, 4) is 5.75 Å². The number of halogens is 8. The Morgan fingerprint density at radius 3 is 1.18 bits per heavy atom. The van der Waals surface area contributed by atoms with Gasteiger partial charge in [-0.2, -0.15) is 0 Å². The second-order valence-corrected chi connectivity index (χ2v) is 22.7. The van der Waals surface area contributed by atoms with E-state index in [9.17, 15) is 26.3 Å². The van der Waals surface area contributed by atoms with E-state index in [0.717, 1.165) is 11.5 Å². The van der Waals surface area contributed by atoms with Crippen molar-refractivity contribution in [2.24, 2.45) is 0 Å². The molecule has 0 radical (unpaired) electrons. The summed E-state index contributed by atoms with van der Waals surface area (Å²) >= 11 is 0.430. The molecule has 0 spiro atoms. The molecule has 0 N–H and O–H groups in total. The summed E-state index contributed by atoms with van der Waals surface area (Å²) in [6, 6.07) is 16.2. The van der Waals surface area contributed by atoms with Crippen LogP contribution in [-0.4, -0.2) is 7.32 Å². The summed E-state index contributed by atoms with van der Waals surface area (Å²) in [5.74, 6) is -0.645. The molecule has 0 fully saturated rings. The van der Waals surface area contributed by atoms with Crippen molar-refractivity contribution in [2.45, 2.75) is 12.4 Å². The number of alkyl halides is 6. The van der Waals surface area contributed by atoms with Crippen LogP contribution in [0.1, 0.15) is 11.1 Å². The first-order valence-electron chi connectivity index (χ1n) is 10.9. The van der Waals surface area contributed by atoms with E-state index in [1.807, 2.05) is 70.1 Å². The number of rotatable bonds is 10. The van der Waals surface area contributed by atoms with Crippen molar-refractivity contribution in [2.75, 3.05) is 0 Å². The molecule has 0 unspecified atom stereocenters. The summed E-state index contributed by atoms with van der Waals surface area (Å²) < 4.78 is 104. The molecule has 5 aromatic rings. The average Bonchev–Trinajstić information content (AvgIpc) is 3.72. The fourth-order valence-corrected chi connectivity index (χ4v) is 19.4. The second-order valence-electron chi connectivity index (χ2n) is 7.49. The van der Waals surface area contributed by atoms with E-state index < -0.39 is 77.0 Å². The van der Waals surface area contributed by atoms with Crippen molar-refractivity contribution in [3.63, 3.8) is 0 Å². The van der Waals surface area contributed by atoms with Gasteiger partial charge < -0.3 is 0 Å². The van der Waals surface area contributed by atoms with E-state index in [2.05, 4.69) is 0 Å². The number of thiophene rings is 4. The van der Waals surface area contributed by atoms with Gasteiger partial charge in [0, 0.05) is 0 Å². The van der Waals surface area contributed by atoms with Crippen molar-refractivity contribution in [3.05, 3.63) is 111 Å². The van der Waals surface area contributed by atoms with Gasteiger partial charge in [0.15, 0.2) is 0 Å². The SMILES string of the molecule is FC(F)(F)c1cc(OB(OI(c2cccs2)c2cccs2)OI(c2cccs2)c2cccs2)cc(C(F)(F)F)c1. The third-order valence-corrected chi connectivity index (χ3v) is 21.3. The second kappa shape index (κ2) is 13.0. The van der Waals surface area contributed by atoms with Crippen LogP contribution in [0.2, 0.25) is 0 Å². The molecule has 0 amide bonds. The van der Waals surface area contributed by atoms with Crippen LogP contribution < -0.4 is 4.65 Å². The van der Waals surface area contributed by atoms with Gasteiger partial charge in [0.05, 0.1) is 0 Å². The van der Waals surface area contributed by atoms with Crippen LogP contribution in [0.25, 0.3) is 0 Å². The molecule has 0 aliphatic heterocycles. The molecule has 0 aliphatic carbocycles. The molecule has 3 nitrogen and oxygen atoms in total.